The molecule has 1 N–H and O–H groups in total. The summed E-state index contributed by atoms with van der Waals surface area (Å²) in [4.78, 5) is 10.4. The van der Waals surface area contributed by atoms with Crippen molar-refractivity contribution in [3.05, 3.63) is 11.4 Å². The molecule has 0 aliphatic carbocycles. The zero-order valence-electron chi connectivity index (χ0n) is 8.76. The van der Waals surface area contributed by atoms with E-state index in [9.17, 15) is 9.18 Å². The van der Waals surface area contributed by atoms with Gasteiger partial charge in [-0.25, -0.2) is 4.79 Å². The molecule has 0 aromatic heterocycles. The van der Waals surface area contributed by atoms with Crippen LogP contribution in [0.5, 0.6) is 0 Å². The fourth-order valence-corrected chi connectivity index (χ4v) is 1.27. The van der Waals surface area contributed by atoms with Crippen molar-refractivity contribution < 1.29 is 23.8 Å². The molecule has 0 aliphatic heterocycles. The second kappa shape index (κ2) is 5.07. The van der Waals surface area contributed by atoms with Crippen molar-refractivity contribution in [3.63, 3.8) is 0 Å². The van der Waals surface area contributed by atoms with E-state index in [2.05, 4.69) is 0 Å². The van der Waals surface area contributed by atoms with E-state index in [4.69, 9.17) is 14.6 Å². The van der Waals surface area contributed by atoms with Crippen LogP contribution in [0, 0.1) is 0 Å². The molecule has 5 heteroatoms. The predicted molar refractivity (Wildman–Crippen MR) is 48.5 cm³/mol. The normalized spacial score (nSPS) is 13.8. The van der Waals surface area contributed by atoms with Gasteiger partial charge in [-0.2, -0.15) is 4.39 Å². The first-order chi connectivity index (χ1) is 6.45. The van der Waals surface area contributed by atoms with E-state index in [1.54, 1.807) is 6.92 Å². The number of carboxylic acid groups (broad SMARTS) is 1. The van der Waals surface area contributed by atoms with Crippen LogP contribution in [0.2, 0.25) is 0 Å². The Hall–Kier alpha value is -0.940. The van der Waals surface area contributed by atoms with E-state index in [0.717, 1.165) is 0 Å². The average Bonchev–Trinajstić information content (AvgIpc) is 2.19. The van der Waals surface area contributed by atoms with E-state index < -0.39 is 17.6 Å². The topological polar surface area (TPSA) is 55.8 Å². The van der Waals surface area contributed by atoms with Gasteiger partial charge in [0.1, 0.15) is 0 Å². The van der Waals surface area contributed by atoms with Crippen LogP contribution in [-0.4, -0.2) is 31.1 Å². The van der Waals surface area contributed by atoms with Crippen molar-refractivity contribution in [2.75, 3.05) is 14.2 Å². The third-order valence-corrected chi connectivity index (χ3v) is 2.21. The van der Waals surface area contributed by atoms with Crippen LogP contribution < -0.4 is 0 Å². The molecule has 0 radical (unpaired) electrons. The summed E-state index contributed by atoms with van der Waals surface area (Å²) in [6, 6.07) is 0. The highest BCUT2D eigenvalue weighted by Gasteiger charge is 2.34. The van der Waals surface area contributed by atoms with Gasteiger partial charge in [-0.3, -0.25) is 0 Å². The number of rotatable bonds is 5. The molecule has 14 heavy (non-hydrogen) atoms. The first-order valence-electron chi connectivity index (χ1n) is 4.15. The minimum Gasteiger partial charge on any atom is -0.476 e. The highest BCUT2D eigenvalue weighted by atomic mass is 19.1. The van der Waals surface area contributed by atoms with Crippen LogP contribution in [0.4, 0.5) is 4.39 Å². The van der Waals surface area contributed by atoms with Gasteiger partial charge in [0.05, 0.1) is 0 Å². The summed E-state index contributed by atoms with van der Waals surface area (Å²) in [5, 5.41) is 8.46. The summed E-state index contributed by atoms with van der Waals surface area (Å²) in [6.07, 6.45) is 0.326. The summed E-state index contributed by atoms with van der Waals surface area (Å²) in [5.74, 6) is -4.15. The van der Waals surface area contributed by atoms with Gasteiger partial charge in [-0.15, -0.1) is 0 Å². The van der Waals surface area contributed by atoms with Crippen LogP contribution >= 0.6 is 0 Å². The van der Waals surface area contributed by atoms with Gasteiger partial charge in [-0.05, 0) is 6.92 Å². The number of hydrogen-bond donors (Lipinski definition) is 1. The van der Waals surface area contributed by atoms with Crippen LogP contribution in [0.15, 0.2) is 11.4 Å². The lowest BCUT2D eigenvalue weighted by Gasteiger charge is -2.30. The number of aliphatic carboxylic acids is 1. The number of hydrogen-bond acceptors (Lipinski definition) is 3. The molecule has 0 aromatic carbocycles. The smallest absolute Gasteiger partial charge is 0.364 e. The number of carbonyl (C=O) groups is 1. The summed E-state index contributed by atoms with van der Waals surface area (Å²) >= 11 is 0. The summed E-state index contributed by atoms with van der Waals surface area (Å²) < 4.78 is 23.1. The standard InChI is InChI=1S/C9H15FO4/c1-5-9(13-3,14-4)6(2)7(10)8(11)12/h5H2,1-4H3,(H,11,12)/b7-6-. The van der Waals surface area contributed by atoms with Crippen molar-refractivity contribution in [2.45, 2.75) is 26.1 Å². The Balaban J connectivity index is 5.22. The SMILES string of the molecule is CCC(OC)(OC)/C(C)=C(\F)C(=O)O. The van der Waals surface area contributed by atoms with Crippen molar-refractivity contribution in [2.24, 2.45) is 0 Å². The molecule has 0 spiro atoms. The Kier molecular flexibility index (Phi) is 4.73. The Morgan fingerprint density at radius 1 is 1.43 bits per heavy atom. The summed E-state index contributed by atoms with van der Waals surface area (Å²) in [6.45, 7) is 3.05. The largest absolute Gasteiger partial charge is 0.476 e. The maximum Gasteiger partial charge on any atom is 0.364 e. The van der Waals surface area contributed by atoms with Crippen LogP contribution in [0.3, 0.4) is 0 Å². The Morgan fingerprint density at radius 2 is 1.86 bits per heavy atom. The molecular weight excluding hydrogens is 191 g/mol. The van der Waals surface area contributed by atoms with Gasteiger partial charge in [0.15, 0.2) is 5.79 Å². The second-order valence-corrected chi connectivity index (χ2v) is 2.76. The van der Waals surface area contributed by atoms with E-state index in [1.807, 2.05) is 0 Å². The molecule has 82 valence electrons. The van der Waals surface area contributed by atoms with E-state index in [-0.39, 0.29) is 5.57 Å². The molecule has 0 saturated carbocycles. The number of ether oxygens (including phenoxy) is 2. The zero-order valence-corrected chi connectivity index (χ0v) is 8.76. The summed E-state index contributed by atoms with van der Waals surface area (Å²) in [7, 11) is 2.68. The molecule has 0 unspecified atom stereocenters. The molecule has 0 atom stereocenters. The third-order valence-electron chi connectivity index (χ3n) is 2.21. The lowest BCUT2D eigenvalue weighted by atomic mass is 10.0. The van der Waals surface area contributed by atoms with Gasteiger partial charge in [0, 0.05) is 26.2 Å². The fraction of sp³-hybridized carbons (Fsp3) is 0.667. The van der Waals surface area contributed by atoms with Gasteiger partial charge in [-0.1, -0.05) is 6.92 Å². The van der Waals surface area contributed by atoms with Gasteiger partial charge >= 0.3 is 5.97 Å². The van der Waals surface area contributed by atoms with Crippen molar-refractivity contribution in [3.8, 4) is 0 Å². The molecule has 0 amide bonds. The molecule has 0 bridgehead atoms. The molecule has 0 heterocycles. The molecule has 0 aromatic rings. The van der Waals surface area contributed by atoms with E-state index >= 15 is 0 Å². The van der Waals surface area contributed by atoms with Crippen molar-refractivity contribution >= 4 is 5.97 Å². The summed E-state index contributed by atoms with van der Waals surface area (Å²) in [5.41, 5.74) is -0.0718. The molecule has 0 rings (SSSR count). The highest BCUT2D eigenvalue weighted by molar-refractivity contribution is 5.85. The number of methoxy groups -OCH3 is 2. The number of carboxylic acids is 1. The van der Waals surface area contributed by atoms with Gasteiger partial charge in [0.25, 0.3) is 0 Å². The maximum absolute atomic E-state index is 13.1. The molecular formula is C9H15FO4. The number of halogens is 1. The predicted octanol–water partition coefficient (Wildman–Crippen LogP) is 1.71. The minimum absolute atomic E-state index is 0.0718. The molecule has 0 saturated heterocycles. The van der Waals surface area contributed by atoms with E-state index in [0.29, 0.717) is 6.42 Å². The second-order valence-electron chi connectivity index (χ2n) is 2.76. The molecule has 4 nitrogen and oxygen atoms in total. The third kappa shape index (κ3) is 2.30. The van der Waals surface area contributed by atoms with Crippen LogP contribution in [0.25, 0.3) is 0 Å². The first kappa shape index (κ1) is 13.1. The lowest BCUT2D eigenvalue weighted by molar-refractivity contribution is -0.181. The zero-order chi connectivity index (χ0) is 11.4. The van der Waals surface area contributed by atoms with Crippen LogP contribution in [-0.2, 0) is 14.3 Å². The van der Waals surface area contributed by atoms with Crippen molar-refractivity contribution in [1.82, 2.24) is 0 Å². The Morgan fingerprint density at radius 3 is 2.07 bits per heavy atom. The fourth-order valence-electron chi connectivity index (χ4n) is 1.27. The van der Waals surface area contributed by atoms with Gasteiger partial charge < -0.3 is 14.6 Å². The molecule has 0 fully saturated rings. The quantitative estimate of drug-likeness (QED) is 0.549. The Labute approximate surface area is 82.3 Å². The maximum atomic E-state index is 13.1. The average molecular weight is 206 g/mol. The first-order valence-corrected chi connectivity index (χ1v) is 4.15. The molecule has 0 aliphatic rings. The lowest BCUT2D eigenvalue weighted by Crippen LogP contribution is -2.35. The monoisotopic (exact) mass is 206 g/mol. The minimum atomic E-state index is -1.62. The van der Waals surface area contributed by atoms with Gasteiger partial charge in [0.2, 0.25) is 5.83 Å². The Bertz CT molecular complexity index is 235. The van der Waals surface area contributed by atoms with Crippen LogP contribution in [0.1, 0.15) is 20.3 Å². The highest BCUT2D eigenvalue weighted by Crippen LogP contribution is 2.28. The van der Waals surface area contributed by atoms with E-state index in [1.165, 1.54) is 21.1 Å². The van der Waals surface area contributed by atoms with Crippen molar-refractivity contribution in [1.29, 1.82) is 0 Å².